The predicted octanol–water partition coefficient (Wildman–Crippen LogP) is 4.69. The molecule has 0 fully saturated rings. The third-order valence-electron chi connectivity index (χ3n) is 2.42. The lowest BCUT2D eigenvalue weighted by Gasteiger charge is -2.24. The van der Waals surface area contributed by atoms with Gasteiger partial charge in [0, 0.05) is 5.56 Å². The summed E-state index contributed by atoms with van der Waals surface area (Å²) >= 11 is 8.46. The van der Waals surface area contributed by atoms with Crippen LogP contribution < -0.4 is 9.47 Å². The molecule has 1 unspecified atom stereocenters. The molecule has 0 N–H and O–H groups in total. The van der Waals surface area contributed by atoms with Crippen molar-refractivity contribution in [2.24, 2.45) is 0 Å². The average Bonchev–Trinajstić information content (AvgIpc) is 2.37. The highest BCUT2D eigenvalue weighted by Crippen LogP contribution is 2.49. The van der Waals surface area contributed by atoms with Gasteiger partial charge in [-0.3, -0.25) is 0 Å². The number of alkyl halides is 5. The molecule has 8 heteroatoms. The summed E-state index contributed by atoms with van der Waals surface area (Å²) in [5.74, 6) is -4.20. The van der Waals surface area contributed by atoms with E-state index in [4.69, 9.17) is 21.1 Å². The second-order valence-electron chi connectivity index (χ2n) is 3.54. The van der Waals surface area contributed by atoms with Crippen LogP contribution in [0.3, 0.4) is 0 Å². The van der Waals surface area contributed by atoms with Crippen LogP contribution in [-0.4, -0.2) is 26.6 Å². The molecule has 1 rings (SSSR count). The molecule has 108 valence electrons. The minimum absolute atomic E-state index is 0.0583. The van der Waals surface area contributed by atoms with Crippen molar-refractivity contribution < 1.29 is 27.0 Å². The van der Waals surface area contributed by atoms with Gasteiger partial charge in [-0.05, 0) is 6.07 Å². The van der Waals surface area contributed by atoms with Crippen LogP contribution in [0.25, 0.3) is 0 Å². The van der Waals surface area contributed by atoms with E-state index in [1.807, 2.05) is 0 Å². The van der Waals surface area contributed by atoms with E-state index in [9.17, 15) is 17.6 Å². The van der Waals surface area contributed by atoms with E-state index < -0.39 is 17.2 Å². The Morgan fingerprint density at radius 1 is 1.21 bits per heavy atom. The minimum atomic E-state index is -4.26. The first-order valence-corrected chi connectivity index (χ1v) is 6.27. The summed E-state index contributed by atoms with van der Waals surface area (Å²) < 4.78 is 61.1. The number of benzene rings is 1. The third-order valence-corrected chi connectivity index (χ3v) is 3.88. The van der Waals surface area contributed by atoms with Crippen molar-refractivity contribution in [2.45, 2.75) is 17.2 Å². The van der Waals surface area contributed by atoms with Crippen molar-refractivity contribution in [1.29, 1.82) is 0 Å². The monoisotopic (exact) mass is 364 g/mol. The largest absolute Gasteiger partial charge is 0.495 e. The molecule has 0 spiro atoms. The third kappa shape index (κ3) is 3.08. The molecule has 0 aromatic heterocycles. The van der Waals surface area contributed by atoms with E-state index in [0.29, 0.717) is 0 Å². The molecule has 0 amide bonds. The molecule has 1 atom stereocenters. The average molecular weight is 366 g/mol. The fourth-order valence-corrected chi connectivity index (χ4v) is 2.32. The maximum absolute atomic E-state index is 13.3. The van der Waals surface area contributed by atoms with Crippen molar-refractivity contribution in [1.82, 2.24) is 0 Å². The second-order valence-corrected chi connectivity index (χ2v) is 4.84. The highest BCUT2D eigenvalue weighted by atomic mass is 79.9. The molecular formula is C11H10BrClF4O2. The summed E-state index contributed by atoms with van der Waals surface area (Å²) in [4.78, 5) is -1.93. The van der Waals surface area contributed by atoms with Gasteiger partial charge in [0.2, 0.25) is 0 Å². The van der Waals surface area contributed by atoms with Crippen LogP contribution in [0.4, 0.5) is 17.6 Å². The van der Waals surface area contributed by atoms with Gasteiger partial charge in [-0.1, -0.05) is 33.6 Å². The number of methoxy groups -OCH3 is 2. The van der Waals surface area contributed by atoms with Gasteiger partial charge in [-0.2, -0.15) is 8.78 Å². The van der Waals surface area contributed by atoms with Gasteiger partial charge in [0.05, 0.1) is 14.2 Å². The van der Waals surface area contributed by atoms with Gasteiger partial charge < -0.3 is 9.47 Å². The van der Waals surface area contributed by atoms with Crippen molar-refractivity contribution in [3.63, 3.8) is 0 Å². The molecule has 0 bridgehead atoms. The molecule has 2 nitrogen and oxygen atoms in total. The van der Waals surface area contributed by atoms with Crippen molar-refractivity contribution >= 4 is 27.5 Å². The zero-order valence-corrected chi connectivity index (χ0v) is 12.2. The first kappa shape index (κ1) is 16.4. The molecule has 0 aliphatic carbocycles. The Morgan fingerprint density at radius 3 is 2.21 bits per heavy atom. The molecule has 19 heavy (non-hydrogen) atoms. The van der Waals surface area contributed by atoms with E-state index in [0.717, 1.165) is 0 Å². The molecule has 0 radical (unpaired) electrons. The smallest absolute Gasteiger partial charge is 0.323 e. The summed E-state index contributed by atoms with van der Waals surface area (Å²) in [7, 11) is 2.53. The van der Waals surface area contributed by atoms with Crippen LogP contribution in [0.5, 0.6) is 11.5 Å². The van der Waals surface area contributed by atoms with Crippen LogP contribution in [0, 0.1) is 0 Å². The Hall–Kier alpha value is -0.690. The quantitative estimate of drug-likeness (QED) is 0.556. The maximum atomic E-state index is 13.3. The van der Waals surface area contributed by atoms with Crippen molar-refractivity contribution in [3.8, 4) is 11.5 Å². The number of hydrogen-bond donors (Lipinski definition) is 0. The van der Waals surface area contributed by atoms with E-state index in [-0.39, 0.29) is 22.1 Å². The molecule has 0 aliphatic rings. The number of rotatable bonds is 5. The van der Waals surface area contributed by atoms with Crippen LogP contribution in [-0.2, 0) is 0 Å². The van der Waals surface area contributed by atoms with E-state index in [1.165, 1.54) is 26.4 Å². The summed E-state index contributed by atoms with van der Waals surface area (Å²) in [6, 6.07) is 2.50. The second kappa shape index (κ2) is 6.17. The fourth-order valence-electron chi connectivity index (χ4n) is 1.44. The Kier molecular flexibility index (Phi) is 5.32. The summed E-state index contributed by atoms with van der Waals surface area (Å²) in [6.07, 6.45) is -3.82. The standard InChI is InChI=1S/C11H10BrClF4O2/c1-18-6-4-3-5(8(19-2)7(6)13)9(12)11(16,17)10(14)15/h3-4,9-10H,1-2H3. The lowest BCUT2D eigenvalue weighted by molar-refractivity contribution is -0.128. The number of ether oxygens (including phenoxy) is 2. The zero-order chi connectivity index (χ0) is 14.8. The van der Waals surface area contributed by atoms with Crippen LogP contribution in [0.15, 0.2) is 12.1 Å². The van der Waals surface area contributed by atoms with Crippen LogP contribution in [0.2, 0.25) is 5.02 Å². The van der Waals surface area contributed by atoms with Gasteiger partial charge in [0.25, 0.3) is 0 Å². The van der Waals surface area contributed by atoms with E-state index >= 15 is 0 Å². The first-order valence-electron chi connectivity index (χ1n) is 4.97. The van der Waals surface area contributed by atoms with E-state index in [2.05, 4.69) is 15.9 Å². The Labute approximate surface area is 120 Å². The van der Waals surface area contributed by atoms with E-state index in [1.54, 1.807) is 0 Å². The molecule has 1 aromatic carbocycles. The summed E-state index contributed by atoms with van der Waals surface area (Å²) in [6.45, 7) is 0. The Balaban J connectivity index is 3.32. The predicted molar refractivity (Wildman–Crippen MR) is 67.2 cm³/mol. The lowest BCUT2D eigenvalue weighted by Crippen LogP contribution is -2.31. The first-order chi connectivity index (χ1) is 8.77. The fraction of sp³-hybridized carbons (Fsp3) is 0.455. The Morgan fingerprint density at radius 2 is 1.79 bits per heavy atom. The topological polar surface area (TPSA) is 18.5 Å². The normalized spacial score (nSPS) is 13.5. The van der Waals surface area contributed by atoms with Gasteiger partial charge in [0.1, 0.15) is 21.3 Å². The molecule has 0 saturated heterocycles. The zero-order valence-electron chi connectivity index (χ0n) is 9.89. The van der Waals surface area contributed by atoms with Gasteiger partial charge >= 0.3 is 12.3 Å². The summed E-state index contributed by atoms with van der Waals surface area (Å²) in [5, 5.41) is -0.0583. The SMILES string of the molecule is COc1ccc(C(Br)C(F)(F)C(F)F)c(OC)c1Cl. The highest BCUT2D eigenvalue weighted by Gasteiger charge is 2.49. The van der Waals surface area contributed by atoms with Gasteiger partial charge in [0.15, 0.2) is 0 Å². The summed E-state index contributed by atoms with van der Waals surface area (Å²) in [5.41, 5.74) is -0.182. The van der Waals surface area contributed by atoms with Crippen molar-refractivity contribution in [3.05, 3.63) is 22.7 Å². The van der Waals surface area contributed by atoms with Crippen molar-refractivity contribution in [2.75, 3.05) is 14.2 Å². The van der Waals surface area contributed by atoms with Gasteiger partial charge in [-0.25, -0.2) is 8.78 Å². The highest BCUT2D eigenvalue weighted by molar-refractivity contribution is 9.09. The van der Waals surface area contributed by atoms with Crippen LogP contribution >= 0.6 is 27.5 Å². The molecule has 0 heterocycles. The molecule has 1 aromatic rings. The number of hydrogen-bond acceptors (Lipinski definition) is 2. The molecule has 0 aliphatic heterocycles. The minimum Gasteiger partial charge on any atom is -0.495 e. The van der Waals surface area contributed by atoms with Crippen LogP contribution in [0.1, 0.15) is 10.4 Å². The van der Waals surface area contributed by atoms with Gasteiger partial charge in [-0.15, -0.1) is 0 Å². The lowest BCUT2D eigenvalue weighted by atomic mass is 10.1. The Bertz CT molecular complexity index is 457. The maximum Gasteiger partial charge on any atom is 0.323 e. The molecule has 0 saturated carbocycles. The number of halogens is 6. The molecular weight excluding hydrogens is 355 g/mol.